The van der Waals surface area contributed by atoms with Crippen molar-refractivity contribution in [1.82, 2.24) is 0 Å². The van der Waals surface area contributed by atoms with Crippen molar-refractivity contribution in [3.8, 4) is 12.3 Å². The molecule has 2 nitrogen and oxygen atoms in total. The third-order valence-electron chi connectivity index (χ3n) is 1.24. The van der Waals surface area contributed by atoms with Crippen molar-refractivity contribution in [2.24, 2.45) is 5.92 Å². The SMILES string of the molecule is C#CC(C)C(C)OC=O. The number of hydrogen-bond donors (Lipinski definition) is 0. The van der Waals surface area contributed by atoms with Crippen LogP contribution >= 0.6 is 0 Å². The Hall–Kier alpha value is -0.970. The minimum absolute atomic E-state index is 0.00444. The van der Waals surface area contributed by atoms with E-state index in [1.54, 1.807) is 6.92 Å². The molecule has 0 rings (SSSR count). The molecule has 0 aliphatic carbocycles. The minimum atomic E-state index is -0.174. The molecule has 0 N–H and O–H groups in total. The van der Waals surface area contributed by atoms with E-state index in [2.05, 4.69) is 10.7 Å². The van der Waals surface area contributed by atoms with Gasteiger partial charge in [-0.15, -0.1) is 6.42 Å². The van der Waals surface area contributed by atoms with E-state index >= 15 is 0 Å². The zero-order valence-corrected chi connectivity index (χ0v) is 5.63. The van der Waals surface area contributed by atoms with Crippen molar-refractivity contribution in [2.45, 2.75) is 20.0 Å². The fourth-order valence-corrected chi connectivity index (χ4v) is 0.341. The molecule has 2 heteroatoms. The highest BCUT2D eigenvalue weighted by Crippen LogP contribution is 2.02. The van der Waals surface area contributed by atoms with Gasteiger partial charge < -0.3 is 4.74 Å². The first-order chi connectivity index (χ1) is 4.22. The largest absolute Gasteiger partial charge is 0.464 e. The topological polar surface area (TPSA) is 26.3 Å². The molecule has 0 aromatic carbocycles. The van der Waals surface area contributed by atoms with Crippen LogP contribution in [0.1, 0.15) is 13.8 Å². The van der Waals surface area contributed by atoms with Gasteiger partial charge in [-0.2, -0.15) is 0 Å². The van der Waals surface area contributed by atoms with Gasteiger partial charge in [0.25, 0.3) is 6.47 Å². The van der Waals surface area contributed by atoms with E-state index in [0.717, 1.165) is 0 Å². The summed E-state index contributed by atoms with van der Waals surface area (Å²) in [6.45, 7) is 4.01. The first-order valence-corrected chi connectivity index (χ1v) is 2.77. The van der Waals surface area contributed by atoms with E-state index in [0.29, 0.717) is 6.47 Å². The lowest BCUT2D eigenvalue weighted by molar-refractivity contribution is -0.133. The lowest BCUT2D eigenvalue weighted by Gasteiger charge is -2.11. The lowest BCUT2D eigenvalue weighted by Crippen LogP contribution is -2.15. The number of ether oxygens (including phenoxy) is 1. The molecular formula is C7H10O2. The fourth-order valence-electron chi connectivity index (χ4n) is 0.341. The van der Waals surface area contributed by atoms with E-state index in [4.69, 9.17) is 6.42 Å². The second-order valence-corrected chi connectivity index (χ2v) is 1.89. The first kappa shape index (κ1) is 8.03. The van der Waals surface area contributed by atoms with Crippen molar-refractivity contribution in [2.75, 3.05) is 0 Å². The van der Waals surface area contributed by atoms with E-state index in [1.165, 1.54) is 0 Å². The molecule has 0 radical (unpaired) electrons. The van der Waals surface area contributed by atoms with Crippen LogP contribution in [-0.2, 0) is 9.53 Å². The monoisotopic (exact) mass is 126 g/mol. The predicted octanol–water partition coefficient (Wildman–Crippen LogP) is 0.817. The molecular weight excluding hydrogens is 116 g/mol. The van der Waals surface area contributed by atoms with Gasteiger partial charge in [0.1, 0.15) is 6.10 Å². The molecule has 0 aliphatic heterocycles. The first-order valence-electron chi connectivity index (χ1n) is 2.77. The Morgan fingerprint density at radius 1 is 1.67 bits per heavy atom. The van der Waals surface area contributed by atoms with Crippen molar-refractivity contribution in [3.05, 3.63) is 0 Å². The van der Waals surface area contributed by atoms with E-state index in [-0.39, 0.29) is 12.0 Å². The number of carbonyl (C=O) groups is 1. The molecule has 50 valence electrons. The number of carbonyl (C=O) groups excluding carboxylic acids is 1. The molecule has 0 saturated carbocycles. The second kappa shape index (κ2) is 3.96. The highest BCUT2D eigenvalue weighted by Gasteiger charge is 2.07. The summed E-state index contributed by atoms with van der Waals surface area (Å²) in [5.74, 6) is 2.46. The van der Waals surface area contributed by atoms with Gasteiger partial charge in [-0.3, -0.25) is 4.79 Å². The summed E-state index contributed by atoms with van der Waals surface area (Å²) in [6, 6.07) is 0. The Balaban J connectivity index is 3.60. The second-order valence-electron chi connectivity index (χ2n) is 1.89. The molecule has 0 spiro atoms. The standard InChI is InChI=1S/C7H10O2/c1-4-6(2)7(3)9-5-8/h1,5-7H,2-3H3. The van der Waals surface area contributed by atoms with Crippen LogP contribution in [0.4, 0.5) is 0 Å². The number of rotatable bonds is 3. The predicted molar refractivity (Wildman–Crippen MR) is 34.6 cm³/mol. The maximum Gasteiger partial charge on any atom is 0.293 e. The van der Waals surface area contributed by atoms with Crippen LogP contribution in [0.5, 0.6) is 0 Å². The molecule has 0 aromatic rings. The maximum absolute atomic E-state index is 9.74. The van der Waals surface area contributed by atoms with Crippen LogP contribution in [0.3, 0.4) is 0 Å². The number of terminal acetylenes is 1. The number of hydrogen-bond acceptors (Lipinski definition) is 2. The molecule has 0 aromatic heterocycles. The van der Waals surface area contributed by atoms with Gasteiger partial charge in [-0.05, 0) is 13.8 Å². The minimum Gasteiger partial charge on any atom is -0.464 e. The van der Waals surface area contributed by atoms with Gasteiger partial charge in [0, 0.05) is 0 Å². The Labute approximate surface area is 55.2 Å². The summed E-state index contributed by atoms with van der Waals surface area (Å²) in [7, 11) is 0. The zero-order valence-electron chi connectivity index (χ0n) is 5.63. The van der Waals surface area contributed by atoms with Crippen LogP contribution in [0, 0.1) is 18.3 Å². The Morgan fingerprint density at radius 3 is 2.56 bits per heavy atom. The third-order valence-corrected chi connectivity index (χ3v) is 1.24. The van der Waals surface area contributed by atoms with Crippen LogP contribution in [0.2, 0.25) is 0 Å². The van der Waals surface area contributed by atoms with Crippen molar-refractivity contribution in [3.63, 3.8) is 0 Å². The van der Waals surface area contributed by atoms with Crippen LogP contribution in [-0.4, -0.2) is 12.6 Å². The van der Waals surface area contributed by atoms with Gasteiger partial charge in [-0.1, -0.05) is 5.92 Å². The summed E-state index contributed by atoms with van der Waals surface area (Å²) in [5, 5.41) is 0. The summed E-state index contributed by atoms with van der Waals surface area (Å²) < 4.78 is 4.57. The van der Waals surface area contributed by atoms with Gasteiger partial charge in [0.05, 0.1) is 5.92 Å². The summed E-state index contributed by atoms with van der Waals surface area (Å²) >= 11 is 0. The summed E-state index contributed by atoms with van der Waals surface area (Å²) in [5.41, 5.74) is 0. The van der Waals surface area contributed by atoms with Gasteiger partial charge >= 0.3 is 0 Å². The highest BCUT2D eigenvalue weighted by molar-refractivity contribution is 5.37. The van der Waals surface area contributed by atoms with E-state index in [9.17, 15) is 4.79 Å². The molecule has 0 heterocycles. The summed E-state index contributed by atoms with van der Waals surface area (Å²) in [4.78, 5) is 9.74. The molecule has 2 unspecified atom stereocenters. The van der Waals surface area contributed by atoms with E-state index in [1.807, 2.05) is 6.92 Å². The molecule has 0 fully saturated rings. The Bertz CT molecular complexity index is 123. The maximum atomic E-state index is 9.74. The van der Waals surface area contributed by atoms with Crippen LogP contribution < -0.4 is 0 Å². The van der Waals surface area contributed by atoms with Crippen molar-refractivity contribution >= 4 is 6.47 Å². The molecule has 9 heavy (non-hydrogen) atoms. The zero-order chi connectivity index (χ0) is 7.28. The normalized spacial score (nSPS) is 15.2. The molecule has 0 amide bonds. The van der Waals surface area contributed by atoms with Gasteiger partial charge in [-0.25, -0.2) is 0 Å². The highest BCUT2D eigenvalue weighted by atomic mass is 16.5. The molecule has 0 bridgehead atoms. The quantitative estimate of drug-likeness (QED) is 0.413. The van der Waals surface area contributed by atoms with Crippen molar-refractivity contribution < 1.29 is 9.53 Å². The van der Waals surface area contributed by atoms with E-state index < -0.39 is 0 Å². The molecule has 2 atom stereocenters. The molecule has 0 aliphatic rings. The van der Waals surface area contributed by atoms with Gasteiger partial charge in [0.2, 0.25) is 0 Å². The van der Waals surface area contributed by atoms with Crippen LogP contribution in [0.15, 0.2) is 0 Å². The fraction of sp³-hybridized carbons (Fsp3) is 0.571. The lowest BCUT2D eigenvalue weighted by atomic mass is 10.1. The average molecular weight is 126 g/mol. The van der Waals surface area contributed by atoms with Crippen molar-refractivity contribution in [1.29, 1.82) is 0 Å². The molecule has 0 saturated heterocycles. The summed E-state index contributed by atoms with van der Waals surface area (Å²) in [6.07, 6.45) is 4.88. The smallest absolute Gasteiger partial charge is 0.293 e. The van der Waals surface area contributed by atoms with Gasteiger partial charge in [0.15, 0.2) is 0 Å². The van der Waals surface area contributed by atoms with Crippen LogP contribution in [0.25, 0.3) is 0 Å². The third kappa shape index (κ3) is 2.76. The Kier molecular flexibility index (Phi) is 3.54. The Morgan fingerprint density at radius 2 is 2.22 bits per heavy atom. The average Bonchev–Trinajstić information content (AvgIpc) is 1.87.